The fourth-order valence-electron chi connectivity index (χ4n) is 3.25. The molecule has 0 aromatic heterocycles. The number of hydrogen-bond donors (Lipinski definition) is 3. The van der Waals surface area contributed by atoms with Gasteiger partial charge in [0.1, 0.15) is 0 Å². The lowest BCUT2D eigenvalue weighted by Crippen LogP contribution is -2.58. The zero-order valence-electron chi connectivity index (χ0n) is 11.7. The number of rotatable bonds is 4. The maximum atomic E-state index is 12.0. The van der Waals surface area contributed by atoms with Gasteiger partial charge in [-0.3, -0.25) is 4.79 Å². The van der Waals surface area contributed by atoms with E-state index in [0.717, 1.165) is 32.1 Å². The van der Waals surface area contributed by atoms with Crippen molar-refractivity contribution in [3.63, 3.8) is 0 Å². The van der Waals surface area contributed by atoms with Crippen molar-refractivity contribution in [2.24, 2.45) is 11.8 Å². The van der Waals surface area contributed by atoms with Crippen LogP contribution in [0.25, 0.3) is 0 Å². The van der Waals surface area contributed by atoms with Crippen LogP contribution in [-0.4, -0.2) is 28.7 Å². The Balaban J connectivity index is 1.85. The van der Waals surface area contributed by atoms with Crippen LogP contribution in [-0.2, 0) is 4.79 Å². The zero-order chi connectivity index (χ0) is 14.0. The Morgan fingerprint density at radius 1 is 1.26 bits per heavy atom. The zero-order valence-corrected chi connectivity index (χ0v) is 11.7. The number of carbonyl (C=O) groups excluding carboxylic acids is 1. The highest BCUT2D eigenvalue weighted by atomic mass is 16.4. The summed E-state index contributed by atoms with van der Waals surface area (Å²) in [5, 5.41) is 14.8. The van der Waals surface area contributed by atoms with Gasteiger partial charge in [-0.25, -0.2) is 4.79 Å². The molecule has 2 aliphatic carbocycles. The molecule has 108 valence electrons. The van der Waals surface area contributed by atoms with Crippen molar-refractivity contribution in [3.8, 4) is 0 Å². The fourth-order valence-corrected chi connectivity index (χ4v) is 3.25. The minimum Gasteiger partial charge on any atom is -0.481 e. The fraction of sp³-hybridized carbons (Fsp3) is 0.857. The molecule has 3 atom stereocenters. The van der Waals surface area contributed by atoms with Crippen LogP contribution in [0.4, 0.5) is 4.79 Å². The summed E-state index contributed by atoms with van der Waals surface area (Å²) in [4.78, 5) is 22.9. The van der Waals surface area contributed by atoms with Gasteiger partial charge >= 0.3 is 12.0 Å². The van der Waals surface area contributed by atoms with E-state index in [2.05, 4.69) is 24.5 Å². The third-order valence-corrected chi connectivity index (χ3v) is 4.96. The van der Waals surface area contributed by atoms with Crippen LogP contribution in [0.5, 0.6) is 0 Å². The van der Waals surface area contributed by atoms with Crippen LogP contribution in [0.1, 0.15) is 52.4 Å². The van der Waals surface area contributed by atoms with Crippen molar-refractivity contribution in [2.75, 3.05) is 0 Å². The Hall–Kier alpha value is -1.26. The number of amides is 2. The molecule has 0 aromatic rings. The summed E-state index contributed by atoms with van der Waals surface area (Å²) < 4.78 is 0. The van der Waals surface area contributed by atoms with Gasteiger partial charge in [0.25, 0.3) is 0 Å². The van der Waals surface area contributed by atoms with Gasteiger partial charge in [-0.2, -0.15) is 0 Å². The third-order valence-electron chi connectivity index (χ3n) is 4.96. The summed E-state index contributed by atoms with van der Waals surface area (Å²) in [5.41, 5.74) is -0.511. The minimum atomic E-state index is -0.845. The van der Waals surface area contributed by atoms with Crippen LogP contribution in [0.2, 0.25) is 0 Å². The standard InChI is InChI=1S/C14H24N2O3/c1-9-4-5-11(10(9)2)15-13(19)16-14(6-3-7-14)8-12(17)18/h9-11H,3-8H2,1-2H3,(H,17,18)(H2,15,16,19). The van der Waals surface area contributed by atoms with E-state index in [-0.39, 0.29) is 18.5 Å². The number of hydrogen-bond acceptors (Lipinski definition) is 2. The maximum absolute atomic E-state index is 12.0. The summed E-state index contributed by atoms with van der Waals surface area (Å²) >= 11 is 0. The molecule has 5 heteroatoms. The summed E-state index contributed by atoms with van der Waals surface area (Å²) in [6.45, 7) is 4.38. The molecule has 2 rings (SSSR count). The van der Waals surface area contributed by atoms with E-state index < -0.39 is 11.5 Å². The first-order valence-corrected chi connectivity index (χ1v) is 7.22. The van der Waals surface area contributed by atoms with Crippen molar-refractivity contribution in [2.45, 2.75) is 64.0 Å². The molecule has 3 N–H and O–H groups in total. The van der Waals surface area contributed by atoms with Gasteiger partial charge in [0.2, 0.25) is 0 Å². The van der Waals surface area contributed by atoms with Crippen LogP contribution in [0.15, 0.2) is 0 Å². The second kappa shape index (κ2) is 5.39. The topological polar surface area (TPSA) is 78.4 Å². The normalized spacial score (nSPS) is 32.4. The van der Waals surface area contributed by atoms with Gasteiger partial charge in [-0.05, 0) is 43.9 Å². The molecular weight excluding hydrogens is 244 g/mol. The van der Waals surface area contributed by atoms with Gasteiger partial charge < -0.3 is 15.7 Å². The Labute approximate surface area is 114 Å². The highest BCUT2D eigenvalue weighted by Gasteiger charge is 2.41. The van der Waals surface area contributed by atoms with Crippen LogP contribution in [0, 0.1) is 11.8 Å². The molecule has 0 saturated heterocycles. The molecule has 2 saturated carbocycles. The number of urea groups is 1. The minimum absolute atomic E-state index is 0.0248. The quantitative estimate of drug-likeness (QED) is 0.730. The predicted octanol–water partition coefficient (Wildman–Crippen LogP) is 2.12. The molecule has 19 heavy (non-hydrogen) atoms. The summed E-state index contributed by atoms with van der Waals surface area (Å²) in [6.07, 6.45) is 4.71. The monoisotopic (exact) mass is 268 g/mol. The van der Waals surface area contributed by atoms with Crippen molar-refractivity contribution in [1.29, 1.82) is 0 Å². The van der Waals surface area contributed by atoms with Gasteiger partial charge in [0.15, 0.2) is 0 Å². The molecule has 0 aliphatic heterocycles. The van der Waals surface area contributed by atoms with Crippen LogP contribution in [0.3, 0.4) is 0 Å². The number of carbonyl (C=O) groups is 2. The number of carboxylic acids is 1. The van der Waals surface area contributed by atoms with Gasteiger partial charge in [-0.15, -0.1) is 0 Å². The Kier molecular flexibility index (Phi) is 4.02. The van der Waals surface area contributed by atoms with Gasteiger partial charge in [-0.1, -0.05) is 13.8 Å². The van der Waals surface area contributed by atoms with E-state index in [1.165, 1.54) is 0 Å². The molecule has 2 fully saturated rings. The largest absolute Gasteiger partial charge is 0.481 e. The molecule has 2 amide bonds. The number of nitrogens with one attached hydrogen (secondary N) is 2. The summed E-state index contributed by atoms with van der Waals surface area (Å²) in [6, 6.07) is 0.0175. The lowest BCUT2D eigenvalue weighted by atomic mass is 9.74. The van der Waals surface area contributed by atoms with Crippen molar-refractivity contribution < 1.29 is 14.7 Å². The van der Waals surface area contributed by atoms with E-state index >= 15 is 0 Å². The van der Waals surface area contributed by atoms with Crippen molar-refractivity contribution in [1.82, 2.24) is 10.6 Å². The molecule has 0 spiro atoms. The third kappa shape index (κ3) is 3.19. The molecule has 0 aromatic carbocycles. The molecular formula is C14H24N2O3. The second-order valence-electron chi connectivity index (χ2n) is 6.32. The lowest BCUT2D eigenvalue weighted by molar-refractivity contribution is -0.139. The lowest BCUT2D eigenvalue weighted by Gasteiger charge is -2.41. The number of aliphatic carboxylic acids is 1. The van der Waals surface area contributed by atoms with E-state index in [4.69, 9.17) is 5.11 Å². The Bertz CT molecular complexity index is 366. The van der Waals surface area contributed by atoms with Crippen LogP contribution >= 0.6 is 0 Å². The Morgan fingerprint density at radius 2 is 1.95 bits per heavy atom. The Morgan fingerprint density at radius 3 is 2.37 bits per heavy atom. The van der Waals surface area contributed by atoms with Gasteiger partial charge in [0.05, 0.1) is 12.0 Å². The van der Waals surface area contributed by atoms with E-state index in [1.54, 1.807) is 0 Å². The molecule has 3 unspecified atom stereocenters. The predicted molar refractivity (Wildman–Crippen MR) is 71.9 cm³/mol. The average Bonchev–Trinajstić information content (AvgIpc) is 2.57. The summed E-state index contributed by atoms with van der Waals surface area (Å²) in [7, 11) is 0. The van der Waals surface area contributed by atoms with Crippen LogP contribution < -0.4 is 10.6 Å². The molecule has 0 bridgehead atoms. The molecule has 2 aliphatic rings. The first-order chi connectivity index (χ1) is 8.92. The first kappa shape index (κ1) is 14.2. The highest BCUT2D eigenvalue weighted by molar-refractivity contribution is 5.77. The number of carboxylic acid groups (broad SMARTS) is 1. The molecule has 5 nitrogen and oxygen atoms in total. The average molecular weight is 268 g/mol. The second-order valence-corrected chi connectivity index (χ2v) is 6.32. The highest BCUT2D eigenvalue weighted by Crippen LogP contribution is 2.35. The van der Waals surface area contributed by atoms with E-state index in [1.807, 2.05) is 0 Å². The van der Waals surface area contributed by atoms with Crippen molar-refractivity contribution >= 4 is 12.0 Å². The maximum Gasteiger partial charge on any atom is 0.315 e. The van der Waals surface area contributed by atoms with Gasteiger partial charge in [0, 0.05) is 6.04 Å². The van der Waals surface area contributed by atoms with E-state index in [0.29, 0.717) is 11.8 Å². The SMILES string of the molecule is CC1CCC(NC(=O)NC2(CC(=O)O)CCC2)C1C. The molecule has 0 radical (unpaired) electrons. The van der Waals surface area contributed by atoms with E-state index in [9.17, 15) is 9.59 Å². The van der Waals surface area contributed by atoms with Crippen molar-refractivity contribution in [3.05, 3.63) is 0 Å². The smallest absolute Gasteiger partial charge is 0.315 e. The summed E-state index contributed by atoms with van der Waals surface area (Å²) in [5.74, 6) is 0.285. The molecule has 0 heterocycles. The first-order valence-electron chi connectivity index (χ1n) is 7.22.